The third kappa shape index (κ3) is 1.09. The van der Waals surface area contributed by atoms with Crippen molar-refractivity contribution >= 4 is 35.3 Å². The summed E-state index contributed by atoms with van der Waals surface area (Å²) in [5.41, 5.74) is 2.90. The molecule has 0 radical (unpaired) electrons. The van der Waals surface area contributed by atoms with Gasteiger partial charge in [0.1, 0.15) is 0 Å². The van der Waals surface area contributed by atoms with Gasteiger partial charge in [-0.25, -0.2) is 4.98 Å². The molecule has 0 amide bonds. The molecule has 0 saturated heterocycles. The molecular weight excluding hydrogens is 192 g/mol. The van der Waals surface area contributed by atoms with Crippen molar-refractivity contribution in [2.45, 2.75) is 10.8 Å². The minimum atomic E-state index is 0.445. The van der Waals surface area contributed by atoms with Gasteiger partial charge in [0.15, 0.2) is 0 Å². The van der Waals surface area contributed by atoms with Gasteiger partial charge in [0.2, 0.25) is 0 Å². The number of halogens is 1. The summed E-state index contributed by atoms with van der Waals surface area (Å²) in [6, 6.07) is 3.86. The Morgan fingerprint density at radius 3 is 3.08 bits per heavy atom. The molecule has 4 heteroatoms. The highest BCUT2D eigenvalue weighted by Gasteiger charge is 2.05. The maximum atomic E-state index is 5.77. The fourth-order valence-corrected chi connectivity index (χ4v) is 1.81. The zero-order valence-electron chi connectivity index (χ0n) is 6.21. The van der Waals surface area contributed by atoms with E-state index in [0.29, 0.717) is 5.88 Å². The summed E-state index contributed by atoms with van der Waals surface area (Å²) in [5.74, 6) is 0.445. The number of imidazole rings is 1. The lowest BCUT2D eigenvalue weighted by Crippen LogP contribution is -1.83. The number of nitrogens with zero attached hydrogens (tertiary/aromatic N) is 1. The molecule has 12 heavy (non-hydrogen) atoms. The van der Waals surface area contributed by atoms with E-state index < -0.39 is 0 Å². The number of benzene rings is 1. The van der Waals surface area contributed by atoms with Gasteiger partial charge in [0, 0.05) is 10.5 Å². The van der Waals surface area contributed by atoms with E-state index in [0.717, 1.165) is 21.5 Å². The molecular formula is C8H7ClN2S. The molecule has 2 aromatic rings. The molecule has 2 rings (SSSR count). The molecule has 0 saturated carbocycles. The number of aromatic nitrogens is 2. The highest BCUT2D eigenvalue weighted by Crippen LogP contribution is 2.23. The first-order valence-corrected chi connectivity index (χ1v) is 4.51. The van der Waals surface area contributed by atoms with Crippen LogP contribution in [-0.2, 0) is 5.88 Å². The van der Waals surface area contributed by atoms with Gasteiger partial charge in [-0.15, -0.1) is 24.2 Å². The van der Waals surface area contributed by atoms with E-state index in [9.17, 15) is 0 Å². The van der Waals surface area contributed by atoms with Crippen LogP contribution in [0.5, 0.6) is 0 Å². The summed E-state index contributed by atoms with van der Waals surface area (Å²) in [7, 11) is 0. The average molecular weight is 199 g/mol. The fourth-order valence-electron chi connectivity index (χ4n) is 1.19. The maximum Gasteiger partial charge on any atom is 0.0937 e. The largest absolute Gasteiger partial charge is 0.345 e. The third-order valence-electron chi connectivity index (χ3n) is 1.81. The van der Waals surface area contributed by atoms with Crippen molar-refractivity contribution in [1.29, 1.82) is 0 Å². The van der Waals surface area contributed by atoms with Crippen LogP contribution in [0.3, 0.4) is 0 Å². The molecule has 0 spiro atoms. The number of hydrogen-bond acceptors (Lipinski definition) is 2. The summed E-state index contributed by atoms with van der Waals surface area (Å²) in [4.78, 5) is 8.07. The predicted octanol–water partition coefficient (Wildman–Crippen LogP) is 2.59. The summed E-state index contributed by atoms with van der Waals surface area (Å²) >= 11 is 10.1. The highest BCUT2D eigenvalue weighted by molar-refractivity contribution is 7.80. The van der Waals surface area contributed by atoms with Gasteiger partial charge in [0.25, 0.3) is 0 Å². The Kier molecular flexibility index (Phi) is 1.98. The molecule has 0 unspecified atom stereocenters. The molecule has 0 fully saturated rings. The monoisotopic (exact) mass is 198 g/mol. The molecule has 0 aliphatic heterocycles. The van der Waals surface area contributed by atoms with Crippen LogP contribution in [-0.4, -0.2) is 9.97 Å². The molecule has 62 valence electrons. The molecule has 1 N–H and O–H groups in total. The smallest absolute Gasteiger partial charge is 0.0937 e. The number of H-pyrrole nitrogens is 1. The zero-order valence-corrected chi connectivity index (χ0v) is 7.86. The van der Waals surface area contributed by atoms with Crippen LogP contribution >= 0.6 is 24.2 Å². The van der Waals surface area contributed by atoms with Crippen LogP contribution in [0.1, 0.15) is 5.56 Å². The van der Waals surface area contributed by atoms with Gasteiger partial charge >= 0.3 is 0 Å². The summed E-state index contributed by atoms with van der Waals surface area (Å²) in [5, 5.41) is 0. The van der Waals surface area contributed by atoms with E-state index in [-0.39, 0.29) is 0 Å². The van der Waals surface area contributed by atoms with Crippen molar-refractivity contribution in [3.63, 3.8) is 0 Å². The number of hydrogen-bond donors (Lipinski definition) is 2. The first-order chi connectivity index (χ1) is 5.83. The number of rotatable bonds is 1. The minimum absolute atomic E-state index is 0.445. The lowest BCUT2D eigenvalue weighted by molar-refractivity contribution is 1.28. The highest BCUT2D eigenvalue weighted by atomic mass is 35.5. The van der Waals surface area contributed by atoms with Crippen molar-refractivity contribution in [2.75, 3.05) is 0 Å². The van der Waals surface area contributed by atoms with Gasteiger partial charge < -0.3 is 4.98 Å². The molecule has 0 bridgehead atoms. The van der Waals surface area contributed by atoms with Crippen molar-refractivity contribution in [1.82, 2.24) is 9.97 Å². The van der Waals surface area contributed by atoms with Gasteiger partial charge in [-0.1, -0.05) is 0 Å². The van der Waals surface area contributed by atoms with Gasteiger partial charge in [-0.05, 0) is 12.1 Å². The molecule has 0 atom stereocenters. The fraction of sp³-hybridized carbons (Fsp3) is 0.125. The molecule has 1 aromatic heterocycles. The Bertz CT molecular complexity index is 410. The lowest BCUT2D eigenvalue weighted by atomic mass is 10.2. The Labute approximate surface area is 80.4 Å². The zero-order chi connectivity index (χ0) is 8.55. The normalized spacial score (nSPS) is 10.8. The van der Waals surface area contributed by atoms with Gasteiger partial charge in [0.05, 0.1) is 23.2 Å². The molecule has 1 heterocycles. The number of nitrogens with one attached hydrogen (secondary N) is 1. The molecule has 0 aliphatic rings. The van der Waals surface area contributed by atoms with E-state index in [1.165, 1.54) is 0 Å². The first kappa shape index (κ1) is 7.95. The molecule has 1 aromatic carbocycles. The standard InChI is InChI=1S/C8H7ClN2S/c9-3-5-7(12)2-1-6-8(5)11-4-10-6/h1-2,4,12H,3H2,(H,10,11). The second-order valence-electron chi connectivity index (χ2n) is 2.50. The third-order valence-corrected chi connectivity index (χ3v) is 2.49. The minimum Gasteiger partial charge on any atom is -0.345 e. The van der Waals surface area contributed by atoms with Crippen molar-refractivity contribution in [3.05, 3.63) is 24.0 Å². The second kappa shape index (κ2) is 2.99. The van der Waals surface area contributed by atoms with Crippen LogP contribution in [0.15, 0.2) is 23.4 Å². The predicted molar refractivity (Wildman–Crippen MR) is 52.9 cm³/mol. The Morgan fingerprint density at radius 2 is 2.33 bits per heavy atom. The molecule has 2 nitrogen and oxygen atoms in total. The van der Waals surface area contributed by atoms with Crippen LogP contribution in [0.4, 0.5) is 0 Å². The molecule has 0 aliphatic carbocycles. The van der Waals surface area contributed by atoms with Crippen molar-refractivity contribution in [2.24, 2.45) is 0 Å². The summed E-state index contributed by atoms with van der Waals surface area (Å²) < 4.78 is 0. The second-order valence-corrected chi connectivity index (χ2v) is 3.24. The number of aromatic amines is 1. The average Bonchev–Trinajstić information content (AvgIpc) is 2.52. The number of thiol groups is 1. The maximum absolute atomic E-state index is 5.77. The van der Waals surface area contributed by atoms with Crippen molar-refractivity contribution < 1.29 is 0 Å². The number of alkyl halides is 1. The first-order valence-electron chi connectivity index (χ1n) is 3.53. The lowest BCUT2D eigenvalue weighted by Gasteiger charge is -2.00. The van der Waals surface area contributed by atoms with Crippen LogP contribution in [0.2, 0.25) is 0 Å². The van der Waals surface area contributed by atoms with Gasteiger partial charge in [-0.3, -0.25) is 0 Å². The Balaban J connectivity index is 2.83. The topological polar surface area (TPSA) is 28.7 Å². The van der Waals surface area contributed by atoms with E-state index in [4.69, 9.17) is 11.6 Å². The Morgan fingerprint density at radius 1 is 1.50 bits per heavy atom. The number of fused-ring (bicyclic) bond motifs is 1. The van der Waals surface area contributed by atoms with Crippen LogP contribution in [0, 0.1) is 0 Å². The summed E-state index contributed by atoms with van der Waals surface area (Å²) in [6.45, 7) is 0. The summed E-state index contributed by atoms with van der Waals surface area (Å²) in [6.07, 6.45) is 1.66. The van der Waals surface area contributed by atoms with Crippen LogP contribution in [0.25, 0.3) is 11.0 Å². The van der Waals surface area contributed by atoms with E-state index in [2.05, 4.69) is 22.6 Å². The van der Waals surface area contributed by atoms with Gasteiger partial charge in [-0.2, -0.15) is 0 Å². The van der Waals surface area contributed by atoms with E-state index in [1.54, 1.807) is 6.33 Å². The van der Waals surface area contributed by atoms with Crippen LogP contribution < -0.4 is 0 Å². The van der Waals surface area contributed by atoms with E-state index >= 15 is 0 Å². The van der Waals surface area contributed by atoms with Crippen molar-refractivity contribution in [3.8, 4) is 0 Å². The SMILES string of the molecule is Sc1ccc2[nH]cnc2c1CCl. The quantitative estimate of drug-likeness (QED) is 0.535. The Hall–Kier alpha value is -0.670. The van der Waals surface area contributed by atoms with E-state index in [1.807, 2.05) is 12.1 Å².